The maximum Gasteiger partial charge on any atom is 0.329 e. The van der Waals surface area contributed by atoms with Crippen molar-refractivity contribution in [2.24, 2.45) is 11.7 Å². The van der Waals surface area contributed by atoms with Gasteiger partial charge in [0, 0.05) is 5.56 Å². The summed E-state index contributed by atoms with van der Waals surface area (Å²) in [5, 5.41) is 2.67. The summed E-state index contributed by atoms with van der Waals surface area (Å²) in [6.45, 7) is 11.2. The maximum absolute atomic E-state index is 12.4. The van der Waals surface area contributed by atoms with Gasteiger partial charge in [0.05, 0.1) is 0 Å². The SMILES string of the molecule is CC(OC(=O)C(NC(=O)c1ccc(C(C)(C)C)cc1)C(C)C)C(N)=O. The Balaban J connectivity index is 2.86. The lowest BCUT2D eigenvalue weighted by atomic mass is 9.86. The standard InChI is InChI=1S/C19H28N2O4/c1-11(2)15(18(24)25-12(3)16(20)22)21-17(23)13-7-9-14(10-8-13)19(4,5)6/h7-12,15H,1-6H3,(H2,20,22)(H,21,23). The Kier molecular flexibility index (Phi) is 6.73. The van der Waals surface area contributed by atoms with Gasteiger partial charge in [0.25, 0.3) is 11.8 Å². The molecule has 2 unspecified atom stereocenters. The summed E-state index contributed by atoms with van der Waals surface area (Å²) in [6.07, 6.45) is -1.04. The van der Waals surface area contributed by atoms with Crippen molar-refractivity contribution in [2.45, 2.75) is 59.1 Å². The summed E-state index contributed by atoms with van der Waals surface area (Å²) in [5.41, 5.74) is 6.65. The molecule has 0 aliphatic heterocycles. The number of carbonyl (C=O) groups is 3. The maximum atomic E-state index is 12.4. The molecule has 0 bridgehead atoms. The first-order valence-electron chi connectivity index (χ1n) is 8.34. The smallest absolute Gasteiger partial charge is 0.329 e. The second-order valence-corrected chi connectivity index (χ2v) is 7.50. The molecular weight excluding hydrogens is 320 g/mol. The van der Waals surface area contributed by atoms with Gasteiger partial charge in [-0.15, -0.1) is 0 Å². The summed E-state index contributed by atoms with van der Waals surface area (Å²) >= 11 is 0. The lowest BCUT2D eigenvalue weighted by Gasteiger charge is -2.23. The third-order valence-corrected chi connectivity index (χ3v) is 3.91. The van der Waals surface area contributed by atoms with Crippen molar-refractivity contribution in [3.05, 3.63) is 35.4 Å². The highest BCUT2D eigenvalue weighted by molar-refractivity contribution is 5.97. The van der Waals surface area contributed by atoms with Gasteiger partial charge < -0.3 is 15.8 Å². The summed E-state index contributed by atoms with van der Waals surface area (Å²) in [6, 6.07) is 6.38. The average molecular weight is 348 g/mol. The van der Waals surface area contributed by atoms with Gasteiger partial charge in [-0.25, -0.2) is 4.79 Å². The second kappa shape index (κ2) is 8.14. The third kappa shape index (κ3) is 5.89. The number of esters is 1. The van der Waals surface area contributed by atoms with Crippen LogP contribution in [0.2, 0.25) is 0 Å². The minimum absolute atomic E-state index is 0.00974. The number of hydrogen-bond acceptors (Lipinski definition) is 4. The molecule has 2 atom stereocenters. The molecule has 1 rings (SSSR count). The fraction of sp³-hybridized carbons (Fsp3) is 0.526. The number of ether oxygens (including phenoxy) is 1. The highest BCUT2D eigenvalue weighted by Gasteiger charge is 2.28. The lowest BCUT2D eigenvalue weighted by molar-refractivity contribution is -0.156. The van der Waals surface area contributed by atoms with Crippen molar-refractivity contribution in [2.75, 3.05) is 0 Å². The Labute approximate surface area is 149 Å². The van der Waals surface area contributed by atoms with E-state index in [2.05, 4.69) is 26.1 Å². The molecule has 3 N–H and O–H groups in total. The van der Waals surface area contributed by atoms with E-state index in [0.29, 0.717) is 5.56 Å². The van der Waals surface area contributed by atoms with Gasteiger partial charge in [0.2, 0.25) is 0 Å². The molecule has 0 fully saturated rings. The number of rotatable bonds is 6. The molecule has 6 heteroatoms. The highest BCUT2D eigenvalue weighted by atomic mass is 16.5. The number of amides is 2. The van der Waals surface area contributed by atoms with E-state index in [1.165, 1.54) is 6.92 Å². The number of nitrogens with one attached hydrogen (secondary N) is 1. The van der Waals surface area contributed by atoms with Crippen LogP contribution >= 0.6 is 0 Å². The molecule has 1 aromatic carbocycles. The molecule has 138 valence electrons. The number of hydrogen-bond donors (Lipinski definition) is 2. The van der Waals surface area contributed by atoms with Crippen molar-refractivity contribution in [3.8, 4) is 0 Å². The van der Waals surface area contributed by atoms with Crippen LogP contribution in [0.5, 0.6) is 0 Å². The highest BCUT2D eigenvalue weighted by Crippen LogP contribution is 2.22. The minimum Gasteiger partial charge on any atom is -0.451 e. The zero-order valence-electron chi connectivity index (χ0n) is 15.8. The molecule has 0 heterocycles. The number of benzene rings is 1. The second-order valence-electron chi connectivity index (χ2n) is 7.50. The number of carbonyl (C=O) groups excluding carboxylic acids is 3. The zero-order valence-corrected chi connectivity index (χ0v) is 15.8. The fourth-order valence-corrected chi connectivity index (χ4v) is 2.15. The normalized spacial score (nSPS) is 13.9. The van der Waals surface area contributed by atoms with Gasteiger partial charge in [-0.1, -0.05) is 46.8 Å². The quantitative estimate of drug-likeness (QED) is 0.770. The fourth-order valence-electron chi connectivity index (χ4n) is 2.15. The van der Waals surface area contributed by atoms with Crippen LogP contribution in [-0.2, 0) is 19.7 Å². The molecule has 0 spiro atoms. The largest absolute Gasteiger partial charge is 0.451 e. The summed E-state index contributed by atoms with van der Waals surface area (Å²) in [7, 11) is 0. The first-order valence-corrected chi connectivity index (χ1v) is 8.34. The van der Waals surface area contributed by atoms with Crippen molar-refractivity contribution in [1.29, 1.82) is 0 Å². The molecule has 0 aliphatic rings. The van der Waals surface area contributed by atoms with E-state index in [4.69, 9.17) is 10.5 Å². The van der Waals surface area contributed by atoms with E-state index in [1.54, 1.807) is 26.0 Å². The predicted molar refractivity (Wildman–Crippen MR) is 96.0 cm³/mol. The van der Waals surface area contributed by atoms with Crippen LogP contribution < -0.4 is 11.1 Å². The first-order chi connectivity index (χ1) is 11.4. The van der Waals surface area contributed by atoms with Crippen molar-refractivity contribution in [1.82, 2.24) is 5.32 Å². The third-order valence-electron chi connectivity index (χ3n) is 3.91. The Hall–Kier alpha value is -2.37. The minimum atomic E-state index is -1.04. The van der Waals surface area contributed by atoms with Crippen LogP contribution in [0, 0.1) is 5.92 Å². The van der Waals surface area contributed by atoms with Gasteiger partial charge in [0.15, 0.2) is 6.10 Å². The molecule has 0 saturated heterocycles. The van der Waals surface area contributed by atoms with Gasteiger partial charge in [-0.3, -0.25) is 9.59 Å². The zero-order chi connectivity index (χ0) is 19.4. The Morgan fingerprint density at radius 1 is 1.04 bits per heavy atom. The summed E-state index contributed by atoms with van der Waals surface area (Å²) < 4.78 is 5.01. The van der Waals surface area contributed by atoms with Crippen molar-refractivity contribution >= 4 is 17.8 Å². The van der Waals surface area contributed by atoms with Crippen LogP contribution in [0.3, 0.4) is 0 Å². The summed E-state index contributed by atoms with van der Waals surface area (Å²) in [4.78, 5) is 35.7. The number of nitrogens with two attached hydrogens (primary N) is 1. The molecule has 0 saturated carbocycles. The lowest BCUT2D eigenvalue weighted by Crippen LogP contribution is -2.47. The topological polar surface area (TPSA) is 98.5 Å². The Bertz CT molecular complexity index is 630. The Morgan fingerprint density at radius 3 is 1.96 bits per heavy atom. The van der Waals surface area contributed by atoms with Gasteiger partial charge in [0.1, 0.15) is 6.04 Å². The average Bonchev–Trinajstić information content (AvgIpc) is 2.50. The molecule has 25 heavy (non-hydrogen) atoms. The van der Waals surface area contributed by atoms with Crippen LogP contribution in [0.1, 0.15) is 57.5 Å². The van der Waals surface area contributed by atoms with E-state index >= 15 is 0 Å². The van der Waals surface area contributed by atoms with Crippen LogP contribution in [0.15, 0.2) is 24.3 Å². The van der Waals surface area contributed by atoms with Crippen molar-refractivity contribution in [3.63, 3.8) is 0 Å². The molecule has 0 radical (unpaired) electrons. The van der Waals surface area contributed by atoms with E-state index in [-0.39, 0.29) is 17.2 Å². The monoisotopic (exact) mass is 348 g/mol. The molecular formula is C19H28N2O4. The molecule has 6 nitrogen and oxygen atoms in total. The van der Waals surface area contributed by atoms with Crippen LogP contribution in [-0.4, -0.2) is 29.9 Å². The van der Waals surface area contributed by atoms with Crippen LogP contribution in [0.4, 0.5) is 0 Å². The van der Waals surface area contributed by atoms with E-state index in [1.807, 2.05) is 12.1 Å². The molecule has 2 amide bonds. The van der Waals surface area contributed by atoms with Gasteiger partial charge in [-0.05, 0) is 36.0 Å². The first kappa shape index (κ1) is 20.7. The van der Waals surface area contributed by atoms with Gasteiger partial charge >= 0.3 is 5.97 Å². The Morgan fingerprint density at radius 2 is 1.56 bits per heavy atom. The predicted octanol–water partition coefficient (Wildman–Crippen LogP) is 2.16. The molecule has 0 aromatic heterocycles. The van der Waals surface area contributed by atoms with E-state index in [9.17, 15) is 14.4 Å². The van der Waals surface area contributed by atoms with E-state index < -0.39 is 24.0 Å². The van der Waals surface area contributed by atoms with Crippen molar-refractivity contribution < 1.29 is 19.1 Å². The van der Waals surface area contributed by atoms with Gasteiger partial charge in [-0.2, -0.15) is 0 Å². The van der Waals surface area contributed by atoms with E-state index in [0.717, 1.165) is 5.56 Å². The molecule has 0 aliphatic carbocycles. The number of primary amides is 1. The van der Waals surface area contributed by atoms with Crippen LogP contribution in [0.25, 0.3) is 0 Å². The molecule has 1 aromatic rings. The summed E-state index contributed by atoms with van der Waals surface area (Å²) in [5.74, 6) is -1.99.